The predicted octanol–water partition coefficient (Wildman–Crippen LogP) is 6.22. The molecule has 0 unspecified atom stereocenters. The number of phenolic OH excluding ortho intramolecular Hbond substituents is 2. The highest BCUT2D eigenvalue weighted by Crippen LogP contribution is 2.26. The summed E-state index contributed by atoms with van der Waals surface area (Å²) < 4.78 is 0. The van der Waals surface area contributed by atoms with E-state index in [1.54, 1.807) is 0 Å². The second kappa shape index (κ2) is 10.4. The van der Waals surface area contributed by atoms with Crippen LogP contribution in [0.15, 0.2) is 36.4 Å². The van der Waals surface area contributed by atoms with Gasteiger partial charge >= 0.3 is 0 Å². The number of aryl methyl sites for hydroxylation is 2. The van der Waals surface area contributed by atoms with E-state index < -0.39 is 0 Å². The first-order chi connectivity index (χ1) is 12.1. The third-order valence-corrected chi connectivity index (χ3v) is 5.50. The summed E-state index contributed by atoms with van der Waals surface area (Å²) in [6.07, 6.45) is 6.38. The van der Waals surface area contributed by atoms with Gasteiger partial charge in [0.1, 0.15) is 11.5 Å². The molecule has 0 saturated heterocycles. The van der Waals surface area contributed by atoms with Crippen LogP contribution >= 0.6 is 11.8 Å². The zero-order valence-electron chi connectivity index (χ0n) is 15.4. The Bertz CT molecular complexity index is 610. The SMILES string of the molecule is CCCCc1cc(CSCc2ccc(O)c(CCCC)c2)ccc1O. The standard InChI is InChI=1S/C22H30O2S/c1-3-5-7-19-13-17(9-11-21(19)23)15-25-16-18-10-12-22(24)20(14-18)8-6-4-2/h9-14,23-24H,3-8,15-16H2,1-2H3. The maximum Gasteiger partial charge on any atom is 0.118 e. The number of unbranched alkanes of at least 4 members (excludes halogenated alkanes) is 2. The van der Waals surface area contributed by atoms with Crippen LogP contribution < -0.4 is 0 Å². The summed E-state index contributed by atoms with van der Waals surface area (Å²) in [4.78, 5) is 0. The Kier molecular flexibility index (Phi) is 8.20. The first-order valence-corrected chi connectivity index (χ1v) is 10.5. The molecule has 0 aliphatic heterocycles. The van der Waals surface area contributed by atoms with Gasteiger partial charge in [-0.15, -0.1) is 0 Å². The van der Waals surface area contributed by atoms with Crippen molar-refractivity contribution in [3.05, 3.63) is 58.7 Å². The van der Waals surface area contributed by atoms with Crippen molar-refractivity contribution in [3.63, 3.8) is 0 Å². The fourth-order valence-electron chi connectivity index (χ4n) is 2.88. The van der Waals surface area contributed by atoms with Crippen molar-refractivity contribution < 1.29 is 10.2 Å². The highest BCUT2D eigenvalue weighted by Gasteiger charge is 2.05. The molecule has 0 aromatic heterocycles. The van der Waals surface area contributed by atoms with Crippen molar-refractivity contribution in [1.29, 1.82) is 0 Å². The van der Waals surface area contributed by atoms with Gasteiger partial charge in [0.2, 0.25) is 0 Å². The first kappa shape index (κ1) is 19.7. The van der Waals surface area contributed by atoms with Gasteiger partial charge in [0, 0.05) is 11.5 Å². The number of benzene rings is 2. The number of phenols is 2. The van der Waals surface area contributed by atoms with Crippen molar-refractivity contribution in [2.24, 2.45) is 0 Å². The van der Waals surface area contributed by atoms with Crippen LogP contribution in [0, 0.1) is 0 Å². The zero-order valence-corrected chi connectivity index (χ0v) is 16.2. The molecule has 2 aromatic rings. The molecule has 0 fully saturated rings. The molecule has 0 saturated carbocycles. The fraction of sp³-hybridized carbons (Fsp3) is 0.455. The van der Waals surface area contributed by atoms with Gasteiger partial charge in [-0.05, 0) is 60.1 Å². The molecule has 3 heteroatoms. The number of thioether (sulfide) groups is 1. The highest BCUT2D eigenvalue weighted by atomic mass is 32.2. The molecule has 2 N–H and O–H groups in total. The summed E-state index contributed by atoms with van der Waals surface area (Å²) in [6, 6.07) is 12.0. The molecular weight excluding hydrogens is 328 g/mol. The average Bonchev–Trinajstić information content (AvgIpc) is 2.62. The van der Waals surface area contributed by atoms with E-state index in [4.69, 9.17) is 0 Å². The maximum absolute atomic E-state index is 9.96. The summed E-state index contributed by atoms with van der Waals surface area (Å²) in [7, 11) is 0. The molecule has 2 nitrogen and oxygen atoms in total. The number of aromatic hydroxyl groups is 2. The third-order valence-electron chi connectivity index (χ3n) is 4.42. The quantitative estimate of drug-likeness (QED) is 0.530. The smallest absolute Gasteiger partial charge is 0.118 e. The van der Waals surface area contributed by atoms with Crippen LogP contribution in [0.4, 0.5) is 0 Å². The topological polar surface area (TPSA) is 40.5 Å². The highest BCUT2D eigenvalue weighted by molar-refractivity contribution is 7.97. The number of rotatable bonds is 10. The van der Waals surface area contributed by atoms with Gasteiger partial charge in [0.05, 0.1) is 0 Å². The van der Waals surface area contributed by atoms with E-state index in [-0.39, 0.29) is 0 Å². The van der Waals surface area contributed by atoms with E-state index in [0.717, 1.165) is 61.2 Å². The fourth-order valence-corrected chi connectivity index (χ4v) is 3.81. The number of hydrogen-bond donors (Lipinski definition) is 2. The van der Waals surface area contributed by atoms with Crippen molar-refractivity contribution in [2.45, 2.75) is 63.9 Å². The van der Waals surface area contributed by atoms with Crippen LogP contribution in [0.1, 0.15) is 61.8 Å². The second-order valence-corrected chi connectivity index (χ2v) is 7.61. The van der Waals surface area contributed by atoms with Gasteiger partial charge in [0.25, 0.3) is 0 Å². The average molecular weight is 359 g/mol. The molecule has 25 heavy (non-hydrogen) atoms. The molecule has 0 aliphatic carbocycles. The normalized spacial score (nSPS) is 11.0. The molecule has 0 bridgehead atoms. The Morgan fingerprint density at radius 1 is 0.720 bits per heavy atom. The molecule has 0 amide bonds. The van der Waals surface area contributed by atoms with Crippen molar-refractivity contribution in [1.82, 2.24) is 0 Å². The van der Waals surface area contributed by atoms with E-state index in [1.165, 1.54) is 11.1 Å². The van der Waals surface area contributed by atoms with Crippen molar-refractivity contribution >= 4 is 11.8 Å². The van der Waals surface area contributed by atoms with E-state index in [9.17, 15) is 10.2 Å². The molecule has 0 spiro atoms. The summed E-state index contributed by atoms with van der Waals surface area (Å²) in [6.45, 7) is 4.34. The van der Waals surface area contributed by atoms with E-state index in [0.29, 0.717) is 11.5 Å². The largest absolute Gasteiger partial charge is 0.508 e. The van der Waals surface area contributed by atoms with Crippen LogP contribution in [-0.2, 0) is 24.3 Å². The van der Waals surface area contributed by atoms with Crippen LogP contribution in [0.3, 0.4) is 0 Å². The van der Waals surface area contributed by atoms with Gasteiger partial charge < -0.3 is 10.2 Å². The lowest BCUT2D eigenvalue weighted by Gasteiger charge is -2.09. The first-order valence-electron chi connectivity index (χ1n) is 9.33. The minimum atomic E-state index is 0.418. The minimum Gasteiger partial charge on any atom is -0.508 e. The third kappa shape index (κ3) is 6.32. The Morgan fingerprint density at radius 2 is 1.16 bits per heavy atom. The Labute approximate surface area is 156 Å². The zero-order chi connectivity index (χ0) is 18.1. The van der Waals surface area contributed by atoms with Crippen LogP contribution in [0.25, 0.3) is 0 Å². The van der Waals surface area contributed by atoms with Crippen LogP contribution in [0.2, 0.25) is 0 Å². The Hall–Kier alpha value is -1.61. The molecule has 0 heterocycles. The van der Waals surface area contributed by atoms with E-state index in [1.807, 2.05) is 36.0 Å². The lowest BCUT2D eigenvalue weighted by atomic mass is 10.0. The van der Waals surface area contributed by atoms with Crippen LogP contribution in [-0.4, -0.2) is 10.2 Å². The summed E-state index contributed by atoms with van der Waals surface area (Å²) in [5.41, 5.74) is 4.65. The molecule has 2 rings (SSSR count). The van der Waals surface area contributed by atoms with Gasteiger partial charge in [-0.25, -0.2) is 0 Å². The van der Waals surface area contributed by atoms with Crippen molar-refractivity contribution in [3.8, 4) is 11.5 Å². The van der Waals surface area contributed by atoms with Gasteiger partial charge in [-0.1, -0.05) is 51.0 Å². The molecule has 2 aromatic carbocycles. The van der Waals surface area contributed by atoms with Crippen LogP contribution in [0.5, 0.6) is 11.5 Å². The lowest BCUT2D eigenvalue weighted by molar-refractivity contribution is 0.466. The monoisotopic (exact) mass is 358 g/mol. The molecule has 136 valence electrons. The number of hydrogen-bond acceptors (Lipinski definition) is 3. The maximum atomic E-state index is 9.96. The summed E-state index contributed by atoms with van der Waals surface area (Å²) in [5.74, 6) is 2.71. The molecule has 0 aliphatic rings. The predicted molar refractivity (Wildman–Crippen MR) is 108 cm³/mol. The Morgan fingerprint density at radius 3 is 1.56 bits per heavy atom. The van der Waals surface area contributed by atoms with E-state index in [2.05, 4.69) is 26.0 Å². The molecule has 0 radical (unpaired) electrons. The van der Waals surface area contributed by atoms with Gasteiger partial charge in [-0.3, -0.25) is 0 Å². The second-order valence-electron chi connectivity index (χ2n) is 6.63. The Balaban J connectivity index is 1.92. The summed E-state index contributed by atoms with van der Waals surface area (Å²) >= 11 is 1.87. The molecular formula is C22H30O2S. The summed E-state index contributed by atoms with van der Waals surface area (Å²) in [5, 5.41) is 19.9. The van der Waals surface area contributed by atoms with Gasteiger partial charge in [0.15, 0.2) is 0 Å². The van der Waals surface area contributed by atoms with Crippen molar-refractivity contribution in [2.75, 3.05) is 0 Å². The minimum absolute atomic E-state index is 0.418. The molecule has 0 atom stereocenters. The lowest BCUT2D eigenvalue weighted by Crippen LogP contribution is -1.91. The van der Waals surface area contributed by atoms with E-state index >= 15 is 0 Å². The van der Waals surface area contributed by atoms with Gasteiger partial charge in [-0.2, -0.15) is 11.8 Å².